The van der Waals surface area contributed by atoms with E-state index in [-0.39, 0.29) is 11.8 Å². The fraction of sp³-hybridized carbons (Fsp3) is 0.333. The maximum Gasteiger partial charge on any atom is 0.225 e. The Morgan fingerprint density at radius 2 is 2.10 bits per heavy atom. The van der Waals surface area contributed by atoms with Gasteiger partial charge in [0.2, 0.25) is 11.9 Å². The molecule has 6 heteroatoms. The predicted octanol–water partition coefficient (Wildman–Crippen LogP) is 1.24. The second kappa shape index (κ2) is 5.87. The molecular weight excluding hydrogens is 266 g/mol. The van der Waals surface area contributed by atoms with Crippen LogP contribution in [0, 0.1) is 5.92 Å². The minimum absolute atomic E-state index is 0.124. The molecule has 1 saturated heterocycles. The van der Waals surface area contributed by atoms with Crippen molar-refractivity contribution in [2.45, 2.75) is 12.8 Å². The van der Waals surface area contributed by atoms with Gasteiger partial charge >= 0.3 is 0 Å². The lowest BCUT2D eigenvalue weighted by molar-refractivity contribution is -0.122. The summed E-state index contributed by atoms with van der Waals surface area (Å²) in [4.78, 5) is 26.6. The molecule has 1 amide bonds. The normalized spacial score (nSPS) is 18.5. The lowest BCUT2D eigenvalue weighted by Crippen LogP contribution is -2.41. The van der Waals surface area contributed by atoms with Crippen molar-refractivity contribution in [1.82, 2.24) is 15.0 Å². The van der Waals surface area contributed by atoms with Crippen molar-refractivity contribution in [3.63, 3.8) is 0 Å². The summed E-state index contributed by atoms with van der Waals surface area (Å²) >= 11 is 0. The van der Waals surface area contributed by atoms with Gasteiger partial charge in [0.05, 0.1) is 17.3 Å². The van der Waals surface area contributed by atoms with Crippen LogP contribution in [0.3, 0.4) is 0 Å². The van der Waals surface area contributed by atoms with Gasteiger partial charge in [-0.25, -0.2) is 9.97 Å². The molecule has 3 rings (SSSR count). The van der Waals surface area contributed by atoms with Crippen LogP contribution in [-0.2, 0) is 4.79 Å². The van der Waals surface area contributed by atoms with Crippen molar-refractivity contribution in [3.8, 4) is 11.4 Å². The third-order valence-electron chi connectivity index (χ3n) is 3.68. The van der Waals surface area contributed by atoms with E-state index >= 15 is 0 Å². The molecule has 1 aliphatic rings. The Morgan fingerprint density at radius 3 is 2.86 bits per heavy atom. The molecule has 0 saturated carbocycles. The third kappa shape index (κ3) is 2.99. The summed E-state index contributed by atoms with van der Waals surface area (Å²) in [5.74, 6) is 0.255. The molecular formula is C15H17N5O. The number of primary amides is 1. The number of nitrogens with zero attached hydrogens (tertiary/aromatic N) is 4. The van der Waals surface area contributed by atoms with Gasteiger partial charge in [-0.05, 0) is 31.0 Å². The first-order chi connectivity index (χ1) is 10.2. The zero-order chi connectivity index (χ0) is 14.7. The van der Waals surface area contributed by atoms with Gasteiger partial charge in [-0.2, -0.15) is 0 Å². The van der Waals surface area contributed by atoms with Crippen LogP contribution in [0.2, 0.25) is 0 Å². The fourth-order valence-electron chi connectivity index (χ4n) is 2.55. The number of rotatable bonds is 3. The van der Waals surface area contributed by atoms with Gasteiger partial charge in [0.1, 0.15) is 0 Å². The second-order valence-corrected chi connectivity index (χ2v) is 5.14. The Bertz CT molecular complexity index is 631. The van der Waals surface area contributed by atoms with Gasteiger partial charge < -0.3 is 10.6 Å². The van der Waals surface area contributed by atoms with Gasteiger partial charge in [-0.1, -0.05) is 6.07 Å². The number of pyridine rings is 1. The minimum atomic E-state index is -0.249. The van der Waals surface area contributed by atoms with Crippen molar-refractivity contribution in [3.05, 3.63) is 36.7 Å². The van der Waals surface area contributed by atoms with E-state index in [1.807, 2.05) is 29.2 Å². The van der Waals surface area contributed by atoms with E-state index in [4.69, 9.17) is 5.73 Å². The maximum atomic E-state index is 11.4. The number of nitrogens with two attached hydrogens (primary N) is 1. The first-order valence-electron chi connectivity index (χ1n) is 7.03. The molecule has 2 N–H and O–H groups in total. The summed E-state index contributed by atoms with van der Waals surface area (Å²) in [6.45, 7) is 1.43. The van der Waals surface area contributed by atoms with Gasteiger partial charge in [0, 0.05) is 25.5 Å². The highest BCUT2D eigenvalue weighted by Gasteiger charge is 2.25. The van der Waals surface area contributed by atoms with E-state index in [2.05, 4.69) is 15.0 Å². The number of amides is 1. The molecule has 0 aliphatic carbocycles. The lowest BCUT2D eigenvalue weighted by atomic mass is 9.98. The molecule has 2 aromatic heterocycles. The second-order valence-electron chi connectivity index (χ2n) is 5.14. The standard InChI is InChI=1S/C15H17N5O/c16-14(21)11-4-3-9-20(10-11)15-18-8-6-13(19-15)12-5-1-2-7-17-12/h1-2,5-8,11H,3-4,9-10H2,(H2,16,21)/t11-/m1/s1. The van der Waals surface area contributed by atoms with Crippen LogP contribution in [0.15, 0.2) is 36.7 Å². The van der Waals surface area contributed by atoms with E-state index in [9.17, 15) is 4.79 Å². The molecule has 0 radical (unpaired) electrons. The summed E-state index contributed by atoms with van der Waals surface area (Å²) in [7, 11) is 0. The molecule has 21 heavy (non-hydrogen) atoms. The van der Waals surface area contributed by atoms with Crippen LogP contribution in [0.1, 0.15) is 12.8 Å². The highest BCUT2D eigenvalue weighted by molar-refractivity contribution is 5.77. The van der Waals surface area contributed by atoms with Crippen molar-refractivity contribution < 1.29 is 4.79 Å². The number of hydrogen-bond acceptors (Lipinski definition) is 5. The van der Waals surface area contributed by atoms with E-state index in [1.54, 1.807) is 12.4 Å². The van der Waals surface area contributed by atoms with Crippen molar-refractivity contribution in [2.75, 3.05) is 18.0 Å². The van der Waals surface area contributed by atoms with Crippen molar-refractivity contribution in [1.29, 1.82) is 0 Å². The first-order valence-corrected chi connectivity index (χ1v) is 7.03. The van der Waals surface area contributed by atoms with Gasteiger partial charge in [-0.3, -0.25) is 9.78 Å². The number of hydrogen-bond donors (Lipinski definition) is 1. The van der Waals surface area contributed by atoms with Crippen LogP contribution in [0.5, 0.6) is 0 Å². The molecule has 0 spiro atoms. The monoisotopic (exact) mass is 283 g/mol. The van der Waals surface area contributed by atoms with Crippen LogP contribution >= 0.6 is 0 Å². The largest absolute Gasteiger partial charge is 0.369 e. The zero-order valence-electron chi connectivity index (χ0n) is 11.6. The zero-order valence-corrected chi connectivity index (χ0v) is 11.6. The molecule has 3 heterocycles. The average Bonchev–Trinajstić information content (AvgIpc) is 2.56. The number of carbonyl (C=O) groups excluding carboxylic acids is 1. The summed E-state index contributed by atoms with van der Waals surface area (Å²) < 4.78 is 0. The van der Waals surface area contributed by atoms with Gasteiger partial charge in [-0.15, -0.1) is 0 Å². The highest BCUT2D eigenvalue weighted by Crippen LogP contribution is 2.22. The first kappa shape index (κ1) is 13.5. The van der Waals surface area contributed by atoms with Crippen LogP contribution in [0.4, 0.5) is 5.95 Å². The Morgan fingerprint density at radius 1 is 1.19 bits per heavy atom. The molecule has 1 atom stereocenters. The summed E-state index contributed by atoms with van der Waals surface area (Å²) in [5, 5.41) is 0. The Hall–Kier alpha value is -2.50. The SMILES string of the molecule is NC(=O)[C@@H]1CCCN(c2nccc(-c3ccccn3)n2)C1. The van der Waals surface area contributed by atoms with Crippen LogP contribution < -0.4 is 10.6 Å². The smallest absolute Gasteiger partial charge is 0.225 e. The molecule has 1 aliphatic heterocycles. The Balaban J connectivity index is 1.84. The average molecular weight is 283 g/mol. The Kier molecular flexibility index (Phi) is 3.77. The van der Waals surface area contributed by atoms with E-state index in [0.717, 1.165) is 30.8 Å². The van der Waals surface area contributed by atoms with E-state index in [1.165, 1.54) is 0 Å². The molecule has 108 valence electrons. The summed E-state index contributed by atoms with van der Waals surface area (Å²) in [5.41, 5.74) is 7.00. The minimum Gasteiger partial charge on any atom is -0.369 e. The van der Waals surface area contributed by atoms with Crippen molar-refractivity contribution >= 4 is 11.9 Å². The Labute approximate surface area is 123 Å². The topological polar surface area (TPSA) is 85.0 Å². The third-order valence-corrected chi connectivity index (χ3v) is 3.68. The molecule has 0 aromatic carbocycles. The van der Waals surface area contributed by atoms with Gasteiger partial charge in [0.15, 0.2) is 0 Å². The molecule has 6 nitrogen and oxygen atoms in total. The molecule has 1 fully saturated rings. The number of aromatic nitrogens is 3. The summed E-state index contributed by atoms with van der Waals surface area (Å²) in [6.07, 6.45) is 5.22. The van der Waals surface area contributed by atoms with E-state index < -0.39 is 0 Å². The number of anilines is 1. The lowest BCUT2D eigenvalue weighted by Gasteiger charge is -2.31. The molecule has 2 aromatic rings. The molecule has 0 unspecified atom stereocenters. The van der Waals surface area contributed by atoms with E-state index in [0.29, 0.717) is 12.5 Å². The van der Waals surface area contributed by atoms with Crippen LogP contribution in [0.25, 0.3) is 11.4 Å². The number of piperidine rings is 1. The predicted molar refractivity (Wildman–Crippen MR) is 79.4 cm³/mol. The maximum absolute atomic E-state index is 11.4. The fourth-order valence-corrected chi connectivity index (χ4v) is 2.55. The van der Waals surface area contributed by atoms with Crippen LogP contribution in [-0.4, -0.2) is 33.9 Å². The van der Waals surface area contributed by atoms with Crippen molar-refractivity contribution in [2.24, 2.45) is 11.7 Å². The van der Waals surface area contributed by atoms with Gasteiger partial charge in [0.25, 0.3) is 0 Å². The highest BCUT2D eigenvalue weighted by atomic mass is 16.1. The summed E-state index contributed by atoms with van der Waals surface area (Å²) in [6, 6.07) is 7.54. The molecule has 0 bridgehead atoms. The quantitative estimate of drug-likeness (QED) is 0.916. The number of carbonyl (C=O) groups is 1.